The molecule has 0 saturated carbocycles. The lowest BCUT2D eigenvalue weighted by Gasteiger charge is -2.04. The van der Waals surface area contributed by atoms with E-state index >= 15 is 0 Å². The van der Waals surface area contributed by atoms with E-state index in [0.717, 1.165) is 34.2 Å². The van der Waals surface area contributed by atoms with E-state index in [4.69, 9.17) is 4.98 Å². The van der Waals surface area contributed by atoms with Gasteiger partial charge in [-0.2, -0.15) is 5.26 Å². The Morgan fingerprint density at radius 3 is 2.72 bits per heavy atom. The fraction of sp³-hybridized carbons (Fsp3) is 0.158. The summed E-state index contributed by atoms with van der Waals surface area (Å²) in [4.78, 5) is 4.72. The Morgan fingerprint density at radius 1 is 1.08 bits per heavy atom. The predicted molar refractivity (Wildman–Crippen MR) is 99.2 cm³/mol. The van der Waals surface area contributed by atoms with E-state index in [0.29, 0.717) is 16.5 Å². The Hall–Kier alpha value is -2.91. The zero-order valence-corrected chi connectivity index (χ0v) is 14.5. The molecule has 0 atom stereocenters. The molecule has 0 amide bonds. The second kappa shape index (κ2) is 6.54. The number of fused-ring (bicyclic) bond motifs is 3. The maximum Gasteiger partial charge on any atom is 0.211 e. The Morgan fingerprint density at radius 2 is 1.88 bits per heavy atom. The van der Waals surface area contributed by atoms with Crippen LogP contribution in [-0.4, -0.2) is 19.7 Å². The number of thioether (sulfide) groups is 1. The topological polar surface area (TPSA) is 67.4 Å². The van der Waals surface area contributed by atoms with Gasteiger partial charge in [0, 0.05) is 17.7 Å². The van der Waals surface area contributed by atoms with Gasteiger partial charge in [-0.05, 0) is 24.6 Å². The minimum Gasteiger partial charge on any atom is -0.324 e. The lowest BCUT2D eigenvalue weighted by Crippen LogP contribution is -1.98. The Kier molecular flexibility index (Phi) is 4.08. The average molecular weight is 345 g/mol. The second-order valence-electron chi connectivity index (χ2n) is 5.59. The van der Waals surface area contributed by atoms with Crippen molar-refractivity contribution in [2.45, 2.75) is 24.4 Å². The molecule has 5 nitrogen and oxygen atoms in total. The van der Waals surface area contributed by atoms with Gasteiger partial charge in [-0.15, -0.1) is 10.2 Å². The highest BCUT2D eigenvalue weighted by Gasteiger charge is 2.14. The van der Waals surface area contributed by atoms with Crippen LogP contribution in [0.5, 0.6) is 0 Å². The molecule has 0 N–H and O–H groups in total. The van der Waals surface area contributed by atoms with E-state index in [1.54, 1.807) is 0 Å². The molecule has 0 saturated heterocycles. The smallest absolute Gasteiger partial charge is 0.211 e. The standard InChI is InChI=1S/C19H15N5S/c1-2-24-16-10-6-5-9-15(16)17-18(24)21-19(23-22-17)25-12-14-8-4-3-7-13(14)11-20/h3-10H,2,12H2,1H3. The van der Waals surface area contributed by atoms with Crippen LogP contribution in [0.1, 0.15) is 18.1 Å². The summed E-state index contributed by atoms with van der Waals surface area (Å²) >= 11 is 1.50. The Balaban J connectivity index is 1.72. The zero-order chi connectivity index (χ0) is 17.2. The van der Waals surface area contributed by atoms with Gasteiger partial charge in [-0.25, -0.2) is 4.98 Å². The summed E-state index contributed by atoms with van der Waals surface area (Å²) in [5.74, 6) is 0.642. The van der Waals surface area contributed by atoms with Gasteiger partial charge in [0.1, 0.15) is 5.52 Å². The summed E-state index contributed by atoms with van der Waals surface area (Å²) in [5.41, 5.74) is 4.48. The highest BCUT2D eigenvalue weighted by molar-refractivity contribution is 7.98. The van der Waals surface area contributed by atoms with Crippen LogP contribution in [0.3, 0.4) is 0 Å². The second-order valence-corrected chi connectivity index (χ2v) is 6.53. The van der Waals surface area contributed by atoms with Crippen molar-refractivity contribution in [1.29, 1.82) is 5.26 Å². The number of hydrogen-bond donors (Lipinski definition) is 0. The molecule has 2 aromatic carbocycles. The molecule has 0 aliphatic rings. The fourth-order valence-electron chi connectivity index (χ4n) is 2.97. The fourth-order valence-corrected chi connectivity index (χ4v) is 3.75. The van der Waals surface area contributed by atoms with Crippen molar-refractivity contribution in [3.63, 3.8) is 0 Å². The van der Waals surface area contributed by atoms with Crippen LogP contribution in [-0.2, 0) is 12.3 Å². The van der Waals surface area contributed by atoms with E-state index in [2.05, 4.69) is 39.9 Å². The molecule has 0 aliphatic carbocycles. The number of aromatic nitrogens is 4. The summed E-state index contributed by atoms with van der Waals surface area (Å²) in [7, 11) is 0. The quantitative estimate of drug-likeness (QED) is 0.519. The molecule has 122 valence electrons. The highest BCUT2D eigenvalue weighted by Crippen LogP contribution is 2.28. The molecular weight excluding hydrogens is 330 g/mol. The lowest BCUT2D eigenvalue weighted by atomic mass is 10.1. The normalized spacial score (nSPS) is 11.0. The third kappa shape index (κ3) is 2.73. The first-order valence-corrected chi connectivity index (χ1v) is 9.03. The van der Waals surface area contributed by atoms with E-state index in [-0.39, 0.29) is 0 Å². The van der Waals surface area contributed by atoms with Gasteiger partial charge < -0.3 is 4.57 Å². The molecule has 6 heteroatoms. The molecule has 0 aliphatic heterocycles. The third-order valence-corrected chi connectivity index (χ3v) is 5.05. The number of para-hydroxylation sites is 1. The molecule has 0 spiro atoms. The van der Waals surface area contributed by atoms with Gasteiger partial charge in [0.2, 0.25) is 5.16 Å². The molecule has 4 rings (SSSR count). The number of hydrogen-bond acceptors (Lipinski definition) is 5. The van der Waals surface area contributed by atoms with Gasteiger partial charge in [-0.1, -0.05) is 48.2 Å². The van der Waals surface area contributed by atoms with Crippen molar-refractivity contribution < 1.29 is 0 Å². The summed E-state index contributed by atoms with van der Waals surface area (Å²) in [6, 6.07) is 18.0. The van der Waals surface area contributed by atoms with Crippen LogP contribution in [0.4, 0.5) is 0 Å². The molecule has 0 bridgehead atoms. The van der Waals surface area contributed by atoms with E-state index in [9.17, 15) is 5.26 Å². The maximum absolute atomic E-state index is 9.20. The van der Waals surface area contributed by atoms with Crippen LogP contribution in [0.15, 0.2) is 53.7 Å². The SMILES string of the molecule is CCn1c2ccccc2c2nnc(SCc3ccccc3C#N)nc21. The molecule has 25 heavy (non-hydrogen) atoms. The third-order valence-electron chi connectivity index (χ3n) is 4.17. The minimum absolute atomic E-state index is 0.623. The summed E-state index contributed by atoms with van der Waals surface area (Å²) in [6.07, 6.45) is 0. The van der Waals surface area contributed by atoms with Crippen molar-refractivity contribution in [1.82, 2.24) is 19.7 Å². The van der Waals surface area contributed by atoms with Gasteiger partial charge in [0.05, 0.1) is 17.1 Å². The largest absolute Gasteiger partial charge is 0.324 e. The summed E-state index contributed by atoms with van der Waals surface area (Å²) in [5, 5.41) is 19.6. The van der Waals surface area contributed by atoms with Crippen molar-refractivity contribution in [2.24, 2.45) is 0 Å². The van der Waals surface area contributed by atoms with Gasteiger partial charge in [0.25, 0.3) is 0 Å². The lowest BCUT2D eigenvalue weighted by molar-refractivity contribution is 0.789. The van der Waals surface area contributed by atoms with E-state index in [1.807, 2.05) is 36.4 Å². The van der Waals surface area contributed by atoms with Gasteiger partial charge in [0.15, 0.2) is 5.65 Å². The average Bonchev–Trinajstić information content (AvgIpc) is 2.99. The molecular formula is C19H15N5S. The molecule has 0 radical (unpaired) electrons. The van der Waals surface area contributed by atoms with Crippen molar-refractivity contribution in [3.8, 4) is 6.07 Å². The van der Waals surface area contributed by atoms with E-state index < -0.39 is 0 Å². The zero-order valence-electron chi connectivity index (χ0n) is 13.7. The minimum atomic E-state index is 0.623. The van der Waals surface area contributed by atoms with Crippen LogP contribution >= 0.6 is 11.8 Å². The van der Waals surface area contributed by atoms with Crippen LogP contribution in [0.25, 0.3) is 22.1 Å². The first-order valence-electron chi connectivity index (χ1n) is 8.04. The van der Waals surface area contributed by atoms with Crippen LogP contribution < -0.4 is 0 Å². The summed E-state index contributed by atoms with van der Waals surface area (Å²) in [6.45, 7) is 2.92. The molecule has 0 unspecified atom stereocenters. The summed E-state index contributed by atoms with van der Waals surface area (Å²) < 4.78 is 2.16. The molecule has 2 heterocycles. The van der Waals surface area contributed by atoms with Crippen molar-refractivity contribution in [2.75, 3.05) is 0 Å². The maximum atomic E-state index is 9.20. The van der Waals surface area contributed by atoms with Gasteiger partial charge in [-0.3, -0.25) is 0 Å². The number of rotatable bonds is 4. The molecule has 4 aromatic rings. The molecule has 2 aromatic heterocycles. The van der Waals surface area contributed by atoms with Crippen LogP contribution in [0.2, 0.25) is 0 Å². The highest BCUT2D eigenvalue weighted by atomic mass is 32.2. The van der Waals surface area contributed by atoms with Gasteiger partial charge >= 0.3 is 0 Å². The predicted octanol–water partition coefficient (Wildman–Crippen LogP) is 4.16. The number of nitrogens with zero attached hydrogens (tertiary/aromatic N) is 5. The monoisotopic (exact) mass is 345 g/mol. The van der Waals surface area contributed by atoms with Crippen molar-refractivity contribution in [3.05, 3.63) is 59.7 Å². The Bertz CT molecular complexity index is 1110. The number of aryl methyl sites for hydroxylation is 1. The number of benzene rings is 2. The first kappa shape index (κ1) is 15.6. The molecule has 0 fully saturated rings. The number of nitriles is 1. The van der Waals surface area contributed by atoms with E-state index in [1.165, 1.54) is 11.8 Å². The Labute approximate surface area is 149 Å². The first-order chi connectivity index (χ1) is 12.3. The van der Waals surface area contributed by atoms with Crippen LogP contribution in [0, 0.1) is 11.3 Å². The van der Waals surface area contributed by atoms with Crippen molar-refractivity contribution >= 4 is 33.8 Å².